The van der Waals surface area contributed by atoms with Gasteiger partial charge in [-0.2, -0.15) is 0 Å². The molecule has 9 heavy (non-hydrogen) atoms. The monoisotopic (exact) mass is 168 g/mol. The summed E-state index contributed by atoms with van der Waals surface area (Å²) in [5.41, 5.74) is 0.114. The van der Waals surface area contributed by atoms with Crippen molar-refractivity contribution in [2.75, 3.05) is 0 Å². The zero-order valence-electron chi connectivity index (χ0n) is 6.41. The maximum atomic E-state index is 5.96. The summed E-state index contributed by atoms with van der Waals surface area (Å²) in [7, 11) is 0. The van der Waals surface area contributed by atoms with Gasteiger partial charge < -0.3 is 0 Å². The van der Waals surface area contributed by atoms with Crippen LogP contribution in [0.1, 0.15) is 27.7 Å². The Bertz CT molecular complexity index is 81.4. The van der Waals surface area contributed by atoms with E-state index in [9.17, 15) is 0 Å². The molecule has 0 rings (SSSR count). The van der Waals surface area contributed by atoms with Crippen molar-refractivity contribution in [2.45, 2.75) is 38.4 Å². The summed E-state index contributed by atoms with van der Waals surface area (Å²) in [5.74, 6) is 0. The summed E-state index contributed by atoms with van der Waals surface area (Å²) in [6.45, 7) is 8.18. The van der Waals surface area contributed by atoms with E-state index in [0.717, 1.165) is 0 Å². The van der Waals surface area contributed by atoms with Crippen LogP contribution in [0.4, 0.5) is 0 Å². The summed E-state index contributed by atoms with van der Waals surface area (Å²) in [6, 6.07) is 0. The van der Waals surface area contributed by atoms with Gasteiger partial charge in [0.15, 0.2) is 0 Å². The molecule has 0 saturated carbocycles. The highest BCUT2D eigenvalue weighted by molar-refractivity contribution is 6.30. The smallest absolute Gasteiger partial charge is 0.0545 e. The van der Waals surface area contributed by atoms with Crippen LogP contribution in [-0.2, 0) is 0 Å². The standard InChI is InChI=1S/C7H14Cl2/c1-5(8)6(9)7(2,3)4/h5-6H,1-4H3. The molecule has 0 aliphatic carbocycles. The minimum absolute atomic E-state index is 0.0478. The lowest BCUT2D eigenvalue weighted by Gasteiger charge is -2.26. The van der Waals surface area contributed by atoms with Crippen LogP contribution >= 0.6 is 23.2 Å². The Morgan fingerprint density at radius 2 is 1.44 bits per heavy atom. The van der Waals surface area contributed by atoms with E-state index in [4.69, 9.17) is 23.2 Å². The summed E-state index contributed by atoms with van der Waals surface area (Å²) in [5, 5.41) is 0.103. The number of rotatable bonds is 1. The highest BCUT2D eigenvalue weighted by Crippen LogP contribution is 2.29. The normalized spacial score (nSPS) is 19.3. The third kappa shape index (κ3) is 3.32. The molecule has 0 fully saturated rings. The Labute approximate surface area is 67.5 Å². The van der Waals surface area contributed by atoms with Crippen LogP contribution in [0.2, 0.25) is 0 Å². The molecular weight excluding hydrogens is 155 g/mol. The van der Waals surface area contributed by atoms with Crippen molar-refractivity contribution in [3.63, 3.8) is 0 Å². The number of halogens is 2. The minimum atomic E-state index is 0.0478. The fourth-order valence-corrected chi connectivity index (χ4v) is 1.07. The molecule has 0 amide bonds. The van der Waals surface area contributed by atoms with Crippen molar-refractivity contribution in [2.24, 2.45) is 5.41 Å². The molecule has 0 saturated heterocycles. The lowest BCUT2D eigenvalue weighted by molar-refractivity contribution is 0.384. The second kappa shape index (κ2) is 3.12. The largest absolute Gasteiger partial charge is 0.122 e. The van der Waals surface area contributed by atoms with Crippen molar-refractivity contribution < 1.29 is 0 Å². The van der Waals surface area contributed by atoms with Gasteiger partial charge in [-0.3, -0.25) is 0 Å². The first-order valence-corrected chi connectivity index (χ1v) is 4.01. The zero-order valence-corrected chi connectivity index (χ0v) is 7.92. The van der Waals surface area contributed by atoms with Crippen LogP contribution in [0.15, 0.2) is 0 Å². The number of hydrogen-bond acceptors (Lipinski definition) is 0. The van der Waals surface area contributed by atoms with Crippen LogP contribution in [0, 0.1) is 5.41 Å². The SMILES string of the molecule is CC(Cl)C(Cl)C(C)(C)C. The van der Waals surface area contributed by atoms with Gasteiger partial charge in [-0.25, -0.2) is 0 Å². The quantitative estimate of drug-likeness (QED) is 0.528. The molecule has 0 aliphatic heterocycles. The molecule has 0 aromatic rings. The van der Waals surface area contributed by atoms with Crippen LogP contribution in [0.25, 0.3) is 0 Å². The highest BCUT2D eigenvalue weighted by atomic mass is 35.5. The third-order valence-corrected chi connectivity index (χ3v) is 2.64. The van der Waals surface area contributed by atoms with Crippen LogP contribution < -0.4 is 0 Å². The van der Waals surface area contributed by atoms with Gasteiger partial charge in [0.25, 0.3) is 0 Å². The number of hydrogen-bond donors (Lipinski definition) is 0. The lowest BCUT2D eigenvalue weighted by Crippen LogP contribution is -2.27. The molecule has 0 spiro atoms. The van der Waals surface area contributed by atoms with E-state index in [2.05, 4.69) is 20.8 Å². The summed E-state index contributed by atoms with van der Waals surface area (Å²) < 4.78 is 0. The first-order chi connectivity index (χ1) is 3.85. The molecule has 2 atom stereocenters. The lowest BCUT2D eigenvalue weighted by atomic mass is 9.90. The molecule has 0 aliphatic rings. The topological polar surface area (TPSA) is 0 Å². The molecule has 0 N–H and O–H groups in total. The molecular formula is C7H14Cl2. The van der Waals surface area contributed by atoms with E-state index in [-0.39, 0.29) is 16.2 Å². The molecule has 0 aromatic carbocycles. The molecule has 0 nitrogen and oxygen atoms in total. The van der Waals surface area contributed by atoms with Crippen molar-refractivity contribution in [3.05, 3.63) is 0 Å². The Balaban J connectivity index is 3.88. The van der Waals surface area contributed by atoms with Crippen LogP contribution in [0.3, 0.4) is 0 Å². The van der Waals surface area contributed by atoms with E-state index in [1.165, 1.54) is 0 Å². The molecule has 2 unspecified atom stereocenters. The number of alkyl halides is 2. The van der Waals surface area contributed by atoms with Crippen LogP contribution in [0.5, 0.6) is 0 Å². The summed E-state index contributed by atoms with van der Waals surface area (Å²) >= 11 is 11.7. The summed E-state index contributed by atoms with van der Waals surface area (Å²) in [6.07, 6.45) is 0. The second-order valence-electron chi connectivity index (χ2n) is 3.45. The van der Waals surface area contributed by atoms with E-state index in [0.29, 0.717) is 0 Å². The third-order valence-electron chi connectivity index (χ3n) is 1.23. The fourth-order valence-electron chi connectivity index (χ4n) is 0.689. The Morgan fingerprint density at radius 3 is 1.44 bits per heavy atom. The fraction of sp³-hybridized carbons (Fsp3) is 1.00. The van der Waals surface area contributed by atoms with E-state index in [1.807, 2.05) is 6.92 Å². The van der Waals surface area contributed by atoms with E-state index < -0.39 is 0 Å². The van der Waals surface area contributed by atoms with Gasteiger partial charge in [0.05, 0.1) is 5.38 Å². The average molecular weight is 169 g/mol. The Morgan fingerprint density at radius 1 is 1.11 bits per heavy atom. The first kappa shape index (κ1) is 9.58. The van der Waals surface area contributed by atoms with Gasteiger partial charge in [0.1, 0.15) is 0 Å². The average Bonchev–Trinajstić information content (AvgIpc) is 1.62. The zero-order chi connectivity index (χ0) is 7.65. The van der Waals surface area contributed by atoms with Gasteiger partial charge in [-0.1, -0.05) is 20.8 Å². The molecule has 2 heteroatoms. The van der Waals surface area contributed by atoms with E-state index in [1.54, 1.807) is 0 Å². The van der Waals surface area contributed by atoms with E-state index >= 15 is 0 Å². The second-order valence-corrected chi connectivity index (χ2v) is 4.60. The van der Waals surface area contributed by atoms with Gasteiger partial charge >= 0.3 is 0 Å². The maximum Gasteiger partial charge on any atom is 0.0545 e. The van der Waals surface area contributed by atoms with Gasteiger partial charge in [0, 0.05) is 5.38 Å². The van der Waals surface area contributed by atoms with Crippen molar-refractivity contribution in [3.8, 4) is 0 Å². The van der Waals surface area contributed by atoms with Crippen molar-refractivity contribution in [1.29, 1.82) is 0 Å². The Kier molecular flexibility index (Phi) is 3.32. The molecule has 56 valence electrons. The molecule has 0 radical (unpaired) electrons. The van der Waals surface area contributed by atoms with Crippen molar-refractivity contribution in [1.82, 2.24) is 0 Å². The molecule has 0 aromatic heterocycles. The Hall–Kier alpha value is 0.580. The van der Waals surface area contributed by atoms with Crippen LogP contribution in [-0.4, -0.2) is 10.8 Å². The first-order valence-electron chi connectivity index (χ1n) is 3.14. The highest BCUT2D eigenvalue weighted by Gasteiger charge is 2.25. The minimum Gasteiger partial charge on any atom is -0.122 e. The van der Waals surface area contributed by atoms with Gasteiger partial charge in [-0.05, 0) is 12.3 Å². The van der Waals surface area contributed by atoms with Gasteiger partial charge in [0.2, 0.25) is 0 Å². The predicted octanol–water partition coefficient (Wildman–Crippen LogP) is 3.27. The molecule has 0 bridgehead atoms. The predicted molar refractivity (Wildman–Crippen MR) is 44.4 cm³/mol. The molecule has 0 heterocycles. The van der Waals surface area contributed by atoms with Crippen molar-refractivity contribution >= 4 is 23.2 Å². The maximum absolute atomic E-state index is 5.96. The van der Waals surface area contributed by atoms with Gasteiger partial charge in [-0.15, -0.1) is 23.2 Å². The summed E-state index contributed by atoms with van der Waals surface area (Å²) in [4.78, 5) is 0.